The molecule has 4 heterocycles. The van der Waals surface area contributed by atoms with E-state index in [0.717, 1.165) is 31.9 Å². The van der Waals surface area contributed by atoms with Crippen LogP contribution in [0.4, 0.5) is 5.69 Å². The number of fused-ring (bicyclic) bond motifs is 1. The predicted octanol–water partition coefficient (Wildman–Crippen LogP) is 0.787. The molecule has 3 aromatic heterocycles. The molecular weight excluding hydrogens is 398 g/mol. The van der Waals surface area contributed by atoms with E-state index in [9.17, 15) is 8.42 Å². The Hall–Kier alpha value is -3.18. The van der Waals surface area contributed by atoms with E-state index < -0.39 is 10.0 Å². The van der Waals surface area contributed by atoms with Crippen molar-refractivity contribution in [1.29, 1.82) is 0 Å². The summed E-state index contributed by atoms with van der Waals surface area (Å²) in [5.74, 6) is 0.462. The fraction of sp³-hybridized carbons (Fsp3) is 0.278. The number of carbonyl (C=O) groups is 1. The molecule has 29 heavy (non-hydrogen) atoms. The molecule has 1 aliphatic rings. The van der Waals surface area contributed by atoms with E-state index in [2.05, 4.69) is 20.2 Å². The van der Waals surface area contributed by atoms with Gasteiger partial charge in [0.2, 0.25) is 0 Å². The first kappa shape index (κ1) is 20.6. The molecule has 0 saturated carbocycles. The molecule has 0 unspecified atom stereocenters. The average Bonchev–Trinajstić information content (AvgIpc) is 3.16. The van der Waals surface area contributed by atoms with Crippen molar-refractivity contribution >= 4 is 33.2 Å². The smallest absolute Gasteiger partial charge is 0.290 e. The van der Waals surface area contributed by atoms with E-state index in [-0.39, 0.29) is 11.4 Å². The Balaban J connectivity index is 0.000000755. The van der Waals surface area contributed by atoms with Gasteiger partial charge in [-0.1, -0.05) is 0 Å². The molecule has 0 aromatic carbocycles. The van der Waals surface area contributed by atoms with Crippen LogP contribution in [-0.2, 0) is 14.8 Å². The summed E-state index contributed by atoms with van der Waals surface area (Å²) in [6, 6.07) is 4.80. The van der Waals surface area contributed by atoms with Gasteiger partial charge in [0.25, 0.3) is 16.5 Å². The van der Waals surface area contributed by atoms with Crippen LogP contribution < -0.4 is 15.0 Å². The zero-order valence-electron chi connectivity index (χ0n) is 15.7. The molecule has 3 aromatic rings. The summed E-state index contributed by atoms with van der Waals surface area (Å²) in [5.41, 5.74) is 1.83. The van der Waals surface area contributed by atoms with Crippen LogP contribution in [0.25, 0.3) is 11.0 Å². The van der Waals surface area contributed by atoms with E-state index in [1.807, 2.05) is 0 Å². The summed E-state index contributed by atoms with van der Waals surface area (Å²) in [6.07, 6.45) is 6.15. The van der Waals surface area contributed by atoms with Gasteiger partial charge in [-0.3, -0.25) is 14.8 Å². The molecule has 1 aliphatic heterocycles. The van der Waals surface area contributed by atoms with E-state index in [1.54, 1.807) is 30.7 Å². The molecule has 2 N–H and O–H groups in total. The Labute approximate surface area is 167 Å². The topological polar surface area (TPSA) is 127 Å². The molecule has 0 radical (unpaired) electrons. The predicted molar refractivity (Wildman–Crippen MR) is 107 cm³/mol. The zero-order chi connectivity index (χ0) is 20.9. The van der Waals surface area contributed by atoms with Crippen LogP contribution in [0, 0.1) is 0 Å². The molecule has 0 atom stereocenters. The number of rotatable bonds is 4. The van der Waals surface area contributed by atoms with E-state index in [4.69, 9.17) is 14.6 Å². The van der Waals surface area contributed by atoms with Crippen molar-refractivity contribution < 1.29 is 23.1 Å². The van der Waals surface area contributed by atoms with Gasteiger partial charge in [-0.15, -0.1) is 0 Å². The lowest BCUT2D eigenvalue weighted by atomic mass is 10.3. The van der Waals surface area contributed by atoms with Crippen LogP contribution in [0.1, 0.15) is 0 Å². The number of ether oxygens (including phenoxy) is 1. The summed E-state index contributed by atoms with van der Waals surface area (Å²) in [6.45, 7) is 2.99. The molecule has 0 bridgehead atoms. The van der Waals surface area contributed by atoms with Gasteiger partial charge >= 0.3 is 0 Å². The third-order valence-electron chi connectivity index (χ3n) is 4.46. The quantitative estimate of drug-likeness (QED) is 0.590. The fourth-order valence-electron chi connectivity index (χ4n) is 3.18. The van der Waals surface area contributed by atoms with Crippen LogP contribution in [0.5, 0.6) is 5.75 Å². The lowest BCUT2D eigenvalue weighted by Crippen LogP contribution is -2.43. The maximum absolute atomic E-state index is 13.2. The number of carboxylic acid groups (broad SMARTS) is 1. The molecule has 11 heteroatoms. The molecule has 0 amide bonds. The van der Waals surface area contributed by atoms with Crippen LogP contribution in [0.15, 0.2) is 47.9 Å². The van der Waals surface area contributed by atoms with Crippen LogP contribution in [0.3, 0.4) is 0 Å². The highest BCUT2D eigenvalue weighted by Crippen LogP contribution is 2.35. The van der Waals surface area contributed by atoms with Crippen LogP contribution in [0.2, 0.25) is 0 Å². The van der Waals surface area contributed by atoms with Crippen molar-refractivity contribution in [3.8, 4) is 5.75 Å². The third-order valence-corrected chi connectivity index (χ3v) is 6.10. The number of nitrogens with zero attached hydrogens (tertiary/aromatic N) is 4. The SMILES string of the molecule is COc1ccnc2c(N3CCNCC3)cn(S(=O)(=O)c3cccnc3)c12.O=CO. The third kappa shape index (κ3) is 4.00. The van der Waals surface area contributed by atoms with Gasteiger partial charge in [-0.2, -0.15) is 0 Å². The highest BCUT2D eigenvalue weighted by molar-refractivity contribution is 7.90. The average molecular weight is 419 g/mol. The molecule has 4 rings (SSSR count). The number of anilines is 1. The molecule has 154 valence electrons. The van der Waals surface area contributed by atoms with Crippen molar-refractivity contribution in [2.75, 3.05) is 38.2 Å². The standard InChI is InChI=1S/C17H19N5O3S.CH2O2/c1-25-15-4-6-20-16-14(21-9-7-18-8-10-21)12-22(17(15)16)26(23,24)13-3-2-5-19-11-13;2-1-3/h2-6,11-12,18H,7-10H2,1H3;1H,(H,2,3). The van der Waals surface area contributed by atoms with Crippen molar-refractivity contribution in [1.82, 2.24) is 19.3 Å². The lowest BCUT2D eigenvalue weighted by Gasteiger charge is -2.28. The zero-order valence-corrected chi connectivity index (χ0v) is 16.5. The van der Waals surface area contributed by atoms with Gasteiger partial charge in [0.05, 0.1) is 12.8 Å². The second kappa shape index (κ2) is 8.88. The second-order valence-electron chi connectivity index (χ2n) is 6.06. The van der Waals surface area contributed by atoms with Crippen molar-refractivity contribution in [2.45, 2.75) is 4.90 Å². The minimum atomic E-state index is -3.82. The van der Waals surface area contributed by atoms with Gasteiger partial charge in [-0.25, -0.2) is 12.4 Å². The normalized spacial score (nSPS) is 14.2. The number of aromatic nitrogens is 3. The minimum absolute atomic E-state index is 0.120. The maximum Gasteiger partial charge on any atom is 0.290 e. The number of pyridine rings is 2. The minimum Gasteiger partial charge on any atom is -0.494 e. The molecule has 10 nitrogen and oxygen atoms in total. The number of hydrogen-bond acceptors (Lipinski definition) is 8. The summed E-state index contributed by atoms with van der Waals surface area (Å²) in [4.78, 5) is 19.0. The highest BCUT2D eigenvalue weighted by atomic mass is 32.2. The summed E-state index contributed by atoms with van der Waals surface area (Å²) >= 11 is 0. The summed E-state index contributed by atoms with van der Waals surface area (Å²) < 4.78 is 33.1. The fourth-order valence-corrected chi connectivity index (χ4v) is 4.51. The van der Waals surface area contributed by atoms with Gasteiger partial charge in [-0.05, 0) is 12.1 Å². The van der Waals surface area contributed by atoms with E-state index >= 15 is 0 Å². The first-order valence-corrected chi connectivity index (χ1v) is 10.2. The van der Waals surface area contributed by atoms with Crippen molar-refractivity contribution in [3.63, 3.8) is 0 Å². The van der Waals surface area contributed by atoms with Crippen molar-refractivity contribution in [2.24, 2.45) is 0 Å². The Morgan fingerprint density at radius 1 is 1.24 bits per heavy atom. The van der Waals surface area contributed by atoms with Crippen molar-refractivity contribution in [3.05, 3.63) is 43.0 Å². The first-order valence-electron chi connectivity index (χ1n) is 8.77. The molecule has 0 aliphatic carbocycles. The number of piperazine rings is 1. The molecule has 1 fully saturated rings. The van der Waals surface area contributed by atoms with E-state index in [1.165, 1.54) is 23.3 Å². The Morgan fingerprint density at radius 2 is 1.97 bits per heavy atom. The van der Waals surface area contributed by atoms with Gasteiger partial charge < -0.3 is 20.1 Å². The van der Waals surface area contributed by atoms with Crippen LogP contribution >= 0.6 is 0 Å². The second-order valence-corrected chi connectivity index (χ2v) is 7.87. The molecule has 0 spiro atoms. The summed E-state index contributed by atoms with van der Waals surface area (Å²) in [7, 11) is -2.30. The first-order chi connectivity index (χ1) is 14.0. The van der Waals surface area contributed by atoms with E-state index in [0.29, 0.717) is 16.8 Å². The summed E-state index contributed by atoms with van der Waals surface area (Å²) in [5, 5.41) is 10.2. The molecule has 1 saturated heterocycles. The molecular formula is C18H21N5O5S. The van der Waals surface area contributed by atoms with Gasteiger partial charge in [0.15, 0.2) is 0 Å². The maximum atomic E-state index is 13.2. The Kier molecular flexibility index (Phi) is 6.29. The Morgan fingerprint density at radius 3 is 2.59 bits per heavy atom. The van der Waals surface area contributed by atoms with Crippen LogP contribution in [-0.4, -0.2) is 67.2 Å². The lowest BCUT2D eigenvalue weighted by molar-refractivity contribution is -0.122. The Bertz CT molecular complexity index is 1080. The van der Waals surface area contributed by atoms with Gasteiger partial charge in [0, 0.05) is 57.0 Å². The monoisotopic (exact) mass is 419 g/mol. The number of hydrogen-bond donors (Lipinski definition) is 2. The number of methoxy groups -OCH3 is 1. The van der Waals surface area contributed by atoms with Gasteiger partial charge in [0.1, 0.15) is 21.7 Å². The largest absolute Gasteiger partial charge is 0.494 e. The highest BCUT2D eigenvalue weighted by Gasteiger charge is 2.27. The number of nitrogens with one attached hydrogen (secondary N) is 1.